The second kappa shape index (κ2) is 6.66. The van der Waals surface area contributed by atoms with Crippen molar-refractivity contribution in [3.63, 3.8) is 0 Å². The third-order valence-corrected chi connectivity index (χ3v) is 6.60. The molecule has 0 saturated heterocycles. The van der Waals surface area contributed by atoms with Gasteiger partial charge >= 0.3 is 6.03 Å². The van der Waals surface area contributed by atoms with Crippen molar-refractivity contribution in [3.05, 3.63) is 29.8 Å². The van der Waals surface area contributed by atoms with Gasteiger partial charge in [-0.15, -0.1) is 0 Å². The lowest BCUT2D eigenvalue weighted by Gasteiger charge is -2.32. The van der Waals surface area contributed by atoms with Crippen LogP contribution in [0.15, 0.2) is 24.3 Å². The van der Waals surface area contributed by atoms with Crippen molar-refractivity contribution < 1.29 is 9.53 Å². The number of carbonyl (C=O) groups is 1. The minimum atomic E-state index is 0.00982. The first-order valence-electron chi connectivity index (χ1n) is 9.42. The standard InChI is InChI=1S/C20H28N2O2/c1-24-15-7-5-13(6-8-15)9-10-21-20(23)22-19-12-14-11-18(19)17-4-2-3-16(14)17/h5-8,14,16-19H,2-4,9-12H2,1H3,(H2,21,22,23)/t14-,16+,17-,18-,19+/m1/s1. The Balaban J connectivity index is 1.21. The second-order valence-corrected chi connectivity index (χ2v) is 7.76. The van der Waals surface area contributed by atoms with E-state index in [-0.39, 0.29) is 6.03 Å². The van der Waals surface area contributed by atoms with Crippen LogP contribution in [0.25, 0.3) is 0 Å². The first-order chi connectivity index (χ1) is 11.7. The van der Waals surface area contributed by atoms with Crippen molar-refractivity contribution in [2.75, 3.05) is 13.7 Å². The molecule has 4 nitrogen and oxygen atoms in total. The van der Waals surface area contributed by atoms with Gasteiger partial charge in [0.15, 0.2) is 0 Å². The molecule has 0 aromatic heterocycles. The average molecular weight is 328 g/mol. The molecule has 0 radical (unpaired) electrons. The van der Waals surface area contributed by atoms with Crippen LogP contribution in [-0.4, -0.2) is 25.7 Å². The topological polar surface area (TPSA) is 50.4 Å². The molecule has 130 valence electrons. The molecule has 3 aliphatic rings. The molecule has 24 heavy (non-hydrogen) atoms. The predicted molar refractivity (Wildman–Crippen MR) is 94.1 cm³/mol. The van der Waals surface area contributed by atoms with Gasteiger partial charge in [-0.05, 0) is 73.5 Å². The van der Waals surface area contributed by atoms with E-state index in [0.29, 0.717) is 12.6 Å². The Morgan fingerprint density at radius 3 is 2.71 bits per heavy atom. The van der Waals surface area contributed by atoms with E-state index < -0.39 is 0 Å². The van der Waals surface area contributed by atoms with Gasteiger partial charge in [0.25, 0.3) is 0 Å². The number of methoxy groups -OCH3 is 1. The van der Waals surface area contributed by atoms with Crippen LogP contribution in [0.1, 0.15) is 37.7 Å². The molecule has 2 N–H and O–H groups in total. The summed E-state index contributed by atoms with van der Waals surface area (Å²) in [5.41, 5.74) is 1.21. The van der Waals surface area contributed by atoms with Crippen LogP contribution in [0.3, 0.4) is 0 Å². The summed E-state index contributed by atoms with van der Waals surface area (Å²) in [5, 5.41) is 6.28. The zero-order valence-electron chi connectivity index (χ0n) is 14.5. The maximum atomic E-state index is 12.2. The maximum Gasteiger partial charge on any atom is 0.315 e. The van der Waals surface area contributed by atoms with Crippen LogP contribution in [0, 0.1) is 23.7 Å². The molecular weight excluding hydrogens is 300 g/mol. The molecule has 0 aliphatic heterocycles. The SMILES string of the molecule is COc1ccc(CCNC(=O)N[C@H]2C[C@H]3C[C@@H]2[C@@H]2CCC[C@@H]32)cc1. The predicted octanol–water partition coefficient (Wildman–Crippen LogP) is 3.36. The van der Waals surface area contributed by atoms with E-state index >= 15 is 0 Å². The summed E-state index contributed by atoms with van der Waals surface area (Å²) in [7, 11) is 1.67. The monoisotopic (exact) mass is 328 g/mol. The zero-order valence-corrected chi connectivity index (χ0v) is 14.5. The molecule has 0 spiro atoms. The van der Waals surface area contributed by atoms with Gasteiger partial charge in [-0.25, -0.2) is 4.79 Å². The number of fused-ring (bicyclic) bond motifs is 5. The summed E-state index contributed by atoms with van der Waals surface area (Å²) in [6, 6.07) is 8.44. The van der Waals surface area contributed by atoms with E-state index in [1.165, 1.54) is 37.7 Å². The zero-order chi connectivity index (χ0) is 16.5. The van der Waals surface area contributed by atoms with Gasteiger partial charge in [0, 0.05) is 12.6 Å². The van der Waals surface area contributed by atoms with E-state index in [1.807, 2.05) is 12.1 Å². The number of carbonyl (C=O) groups excluding carboxylic acids is 1. The highest BCUT2D eigenvalue weighted by Gasteiger charge is 2.53. The summed E-state index contributed by atoms with van der Waals surface area (Å²) in [5.74, 6) is 4.37. The number of ether oxygens (including phenoxy) is 1. The molecule has 2 amide bonds. The lowest BCUT2D eigenvalue weighted by atomic mass is 9.79. The minimum absolute atomic E-state index is 0.00982. The van der Waals surface area contributed by atoms with Crippen molar-refractivity contribution in [2.45, 2.75) is 44.6 Å². The molecule has 3 aliphatic carbocycles. The average Bonchev–Trinajstić information content (AvgIpc) is 3.28. The maximum absolute atomic E-state index is 12.2. The molecule has 4 rings (SSSR count). The molecule has 3 saturated carbocycles. The largest absolute Gasteiger partial charge is 0.497 e. The van der Waals surface area contributed by atoms with Gasteiger partial charge < -0.3 is 15.4 Å². The molecule has 3 fully saturated rings. The van der Waals surface area contributed by atoms with Gasteiger partial charge in [-0.1, -0.05) is 18.6 Å². The number of hydrogen-bond donors (Lipinski definition) is 2. The van der Waals surface area contributed by atoms with E-state index in [4.69, 9.17) is 4.74 Å². The highest BCUT2D eigenvalue weighted by Crippen LogP contribution is 2.58. The number of amides is 2. The molecule has 4 heteroatoms. The smallest absolute Gasteiger partial charge is 0.315 e. The van der Waals surface area contributed by atoms with E-state index in [1.54, 1.807) is 7.11 Å². The Hall–Kier alpha value is -1.71. The third-order valence-electron chi connectivity index (χ3n) is 6.60. The Morgan fingerprint density at radius 1 is 1.12 bits per heavy atom. The quantitative estimate of drug-likeness (QED) is 0.871. The van der Waals surface area contributed by atoms with Crippen molar-refractivity contribution in [3.8, 4) is 5.75 Å². The normalized spacial score (nSPS) is 33.3. The van der Waals surface area contributed by atoms with Gasteiger partial charge in [0.2, 0.25) is 0 Å². The highest BCUT2D eigenvalue weighted by atomic mass is 16.5. The summed E-state index contributed by atoms with van der Waals surface area (Å²) in [6.07, 6.45) is 7.64. The number of rotatable bonds is 5. The lowest BCUT2D eigenvalue weighted by Crippen LogP contribution is -2.47. The fourth-order valence-corrected chi connectivity index (χ4v) is 5.57. The van der Waals surface area contributed by atoms with Crippen LogP contribution in [-0.2, 0) is 6.42 Å². The molecule has 1 aromatic carbocycles. The Kier molecular flexibility index (Phi) is 4.38. The van der Waals surface area contributed by atoms with Crippen LogP contribution in [0.5, 0.6) is 5.75 Å². The van der Waals surface area contributed by atoms with Crippen molar-refractivity contribution in [1.82, 2.24) is 10.6 Å². The number of nitrogens with one attached hydrogen (secondary N) is 2. The van der Waals surface area contributed by atoms with Crippen LogP contribution < -0.4 is 15.4 Å². The van der Waals surface area contributed by atoms with E-state index in [9.17, 15) is 4.79 Å². The summed E-state index contributed by atoms with van der Waals surface area (Å²) >= 11 is 0. The minimum Gasteiger partial charge on any atom is -0.497 e. The molecule has 1 aromatic rings. The summed E-state index contributed by atoms with van der Waals surface area (Å²) < 4.78 is 5.16. The number of benzene rings is 1. The van der Waals surface area contributed by atoms with E-state index in [0.717, 1.165) is 35.8 Å². The Labute approximate surface area is 144 Å². The number of urea groups is 1. The summed E-state index contributed by atoms with van der Waals surface area (Å²) in [6.45, 7) is 0.672. The molecule has 0 heterocycles. The van der Waals surface area contributed by atoms with Gasteiger partial charge in [0.1, 0.15) is 5.75 Å². The van der Waals surface area contributed by atoms with Crippen molar-refractivity contribution in [2.24, 2.45) is 23.7 Å². The Bertz CT molecular complexity index is 586. The molecule has 2 bridgehead atoms. The first-order valence-corrected chi connectivity index (χ1v) is 9.42. The lowest BCUT2D eigenvalue weighted by molar-refractivity contribution is 0.198. The van der Waals surface area contributed by atoms with Crippen LogP contribution in [0.4, 0.5) is 4.79 Å². The molecule has 5 atom stereocenters. The highest BCUT2D eigenvalue weighted by molar-refractivity contribution is 5.74. The van der Waals surface area contributed by atoms with Gasteiger partial charge in [-0.3, -0.25) is 0 Å². The fraction of sp³-hybridized carbons (Fsp3) is 0.650. The second-order valence-electron chi connectivity index (χ2n) is 7.76. The van der Waals surface area contributed by atoms with Crippen LogP contribution >= 0.6 is 0 Å². The summed E-state index contributed by atoms with van der Waals surface area (Å²) in [4.78, 5) is 12.2. The third kappa shape index (κ3) is 2.99. The number of hydrogen-bond acceptors (Lipinski definition) is 2. The van der Waals surface area contributed by atoms with Gasteiger partial charge in [-0.2, -0.15) is 0 Å². The Morgan fingerprint density at radius 2 is 1.92 bits per heavy atom. The van der Waals surface area contributed by atoms with Crippen molar-refractivity contribution in [1.29, 1.82) is 0 Å². The van der Waals surface area contributed by atoms with E-state index in [2.05, 4.69) is 22.8 Å². The van der Waals surface area contributed by atoms with Gasteiger partial charge in [0.05, 0.1) is 7.11 Å². The molecular formula is C20H28N2O2. The van der Waals surface area contributed by atoms with Crippen molar-refractivity contribution >= 4 is 6.03 Å². The molecule has 0 unspecified atom stereocenters. The first kappa shape index (κ1) is 15.8. The van der Waals surface area contributed by atoms with Crippen LogP contribution in [0.2, 0.25) is 0 Å². The fourth-order valence-electron chi connectivity index (χ4n) is 5.57.